The molecule has 0 N–H and O–H groups in total. The number of methoxy groups -OCH3 is 1. The maximum atomic E-state index is 11.1. The van der Waals surface area contributed by atoms with Gasteiger partial charge in [0, 0.05) is 11.6 Å². The summed E-state index contributed by atoms with van der Waals surface area (Å²) in [4.78, 5) is 11.1. The quantitative estimate of drug-likeness (QED) is 0.774. The van der Waals surface area contributed by atoms with E-state index in [1.807, 2.05) is 24.3 Å². The molecule has 1 aliphatic heterocycles. The molecule has 1 heterocycles. The number of hydrogen-bond acceptors (Lipinski definition) is 3. The van der Waals surface area contributed by atoms with E-state index in [2.05, 4.69) is 15.9 Å². The minimum atomic E-state index is -0.599. The van der Waals surface area contributed by atoms with Crippen molar-refractivity contribution in [3.63, 3.8) is 0 Å². The maximum Gasteiger partial charge on any atom is 0.309 e. The summed E-state index contributed by atoms with van der Waals surface area (Å²) < 4.78 is 11.4. The van der Waals surface area contributed by atoms with Crippen LogP contribution < -0.4 is 0 Å². The van der Waals surface area contributed by atoms with E-state index >= 15 is 0 Å². The first-order valence-electron chi connectivity index (χ1n) is 4.63. The number of esters is 1. The van der Waals surface area contributed by atoms with Crippen LogP contribution in [0.5, 0.6) is 0 Å². The molecule has 80 valence electrons. The Labute approximate surface area is 96.5 Å². The van der Waals surface area contributed by atoms with Crippen LogP contribution in [-0.4, -0.2) is 19.7 Å². The third kappa shape index (κ3) is 1.92. The molecule has 0 amide bonds. The lowest BCUT2D eigenvalue weighted by Crippen LogP contribution is -2.28. The molecule has 3 nitrogen and oxygen atoms in total. The molecule has 1 aromatic carbocycles. The van der Waals surface area contributed by atoms with Crippen LogP contribution in [-0.2, 0) is 19.9 Å². The summed E-state index contributed by atoms with van der Waals surface area (Å²) in [5, 5.41) is 0. The van der Waals surface area contributed by atoms with Crippen molar-refractivity contribution in [1.82, 2.24) is 0 Å². The van der Waals surface area contributed by atoms with Gasteiger partial charge in [-0.15, -0.1) is 0 Å². The lowest BCUT2D eigenvalue weighted by molar-refractivity contribution is -0.137. The van der Waals surface area contributed by atoms with Gasteiger partial charge in [-0.3, -0.25) is 4.79 Å². The zero-order chi connectivity index (χ0) is 10.9. The Hall–Kier alpha value is -0.870. The second-order valence-corrected chi connectivity index (χ2v) is 4.46. The van der Waals surface area contributed by atoms with Gasteiger partial charge in [-0.05, 0) is 17.7 Å². The molecule has 0 aliphatic carbocycles. The van der Waals surface area contributed by atoms with Crippen LogP contribution in [0.2, 0.25) is 0 Å². The molecule has 1 saturated heterocycles. The normalized spacial score (nSPS) is 25.3. The Kier molecular flexibility index (Phi) is 2.80. The number of cyclic esters (lactones) is 1. The second-order valence-electron chi connectivity index (χ2n) is 3.54. The van der Waals surface area contributed by atoms with Crippen LogP contribution in [0.3, 0.4) is 0 Å². The zero-order valence-electron chi connectivity index (χ0n) is 8.33. The van der Waals surface area contributed by atoms with E-state index in [1.54, 1.807) is 7.11 Å². The molecule has 0 radical (unpaired) electrons. The number of hydrogen-bond donors (Lipinski definition) is 0. The molecule has 1 unspecified atom stereocenters. The Morgan fingerprint density at radius 1 is 1.40 bits per heavy atom. The molecule has 0 spiro atoms. The van der Waals surface area contributed by atoms with Gasteiger partial charge in [-0.25, -0.2) is 0 Å². The third-order valence-corrected chi connectivity index (χ3v) is 3.19. The number of carbonyl (C=O) groups is 1. The molecule has 1 atom stereocenters. The average molecular weight is 271 g/mol. The highest BCUT2D eigenvalue weighted by Crippen LogP contribution is 2.34. The van der Waals surface area contributed by atoms with E-state index in [9.17, 15) is 4.79 Å². The topological polar surface area (TPSA) is 35.5 Å². The van der Waals surface area contributed by atoms with Gasteiger partial charge in [-0.1, -0.05) is 28.1 Å². The number of halogens is 1. The van der Waals surface area contributed by atoms with Crippen LogP contribution in [0.4, 0.5) is 0 Å². The lowest BCUT2D eigenvalue weighted by Gasteiger charge is -2.24. The number of carbonyl (C=O) groups excluding carboxylic acids is 1. The van der Waals surface area contributed by atoms with Crippen molar-refractivity contribution in [2.75, 3.05) is 13.7 Å². The van der Waals surface area contributed by atoms with Gasteiger partial charge in [0.15, 0.2) is 0 Å². The zero-order valence-corrected chi connectivity index (χ0v) is 9.91. The van der Waals surface area contributed by atoms with Crippen molar-refractivity contribution in [3.05, 3.63) is 34.3 Å². The summed E-state index contributed by atoms with van der Waals surface area (Å²) in [5.41, 5.74) is 0.372. The molecule has 15 heavy (non-hydrogen) atoms. The highest BCUT2D eigenvalue weighted by Gasteiger charge is 2.42. The van der Waals surface area contributed by atoms with Crippen molar-refractivity contribution >= 4 is 21.9 Å². The summed E-state index contributed by atoms with van der Waals surface area (Å²) in [5.74, 6) is -0.209. The largest absolute Gasteiger partial charge is 0.462 e. The Morgan fingerprint density at radius 3 is 2.53 bits per heavy atom. The Bertz CT molecular complexity index is 374. The molecule has 1 aromatic rings. The second kappa shape index (κ2) is 3.94. The number of ether oxygens (including phenoxy) is 2. The maximum absolute atomic E-state index is 11.1. The minimum Gasteiger partial charge on any atom is -0.462 e. The van der Waals surface area contributed by atoms with Crippen molar-refractivity contribution in [3.8, 4) is 0 Å². The molecule has 4 heteroatoms. The first-order valence-corrected chi connectivity index (χ1v) is 5.42. The first kappa shape index (κ1) is 10.6. The van der Waals surface area contributed by atoms with Gasteiger partial charge in [0.25, 0.3) is 0 Å². The number of benzene rings is 1. The van der Waals surface area contributed by atoms with Crippen molar-refractivity contribution in [2.24, 2.45) is 0 Å². The fourth-order valence-electron chi connectivity index (χ4n) is 1.72. The van der Waals surface area contributed by atoms with E-state index < -0.39 is 5.60 Å². The lowest BCUT2D eigenvalue weighted by atomic mass is 9.93. The van der Waals surface area contributed by atoms with Gasteiger partial charge in [0.2, 0.25) is 0 Å². The highest BCUT2D eigenvalue weighted by atomic mass is 79.9. The number of rotatable bonds is 2. The molecule has 2 rings (SSSR count). The van der Waals surface area contributed by atoms with Crippen LogP contribution >= 0.6 is 15.9 Å². The third-order valence-electron chi connectivity index (χ3n) is 2.66. The van der Waals surface area contributed by atoms with Gasteiger partial charge in [-0.2, -0.15) is 0 Å². The predicted octanol–water partition coefficient (Wildman–Crippen LogP) is 2.24. The van der Waals surface area contributed by atoms with E-state index in [-0.39, 0.29) is 12.4 Å². The van der Waals surface area contributed by atoms with Crippen LogP contribution in [0.1, 0.15) is 12.0 Å². The fourth-order valence-corrected chi connectivity index (χ4v) is 1.98. The summed E-state index contributed by atoms with van der Waals surface area (Å²) in [6, 6.07) is 7.74. The smallest absolute Gasteiger partial charge is 0.309 e. The molecular weight excluding hydrogens is 260 g/mol. The molecular formula is C11H11BrO3. The van der Waals surface area contributed by atoms with E-state index in [4.69, 9.17) is 9.47 Å². The predicted molar refractivity (Wildman–Crippen MR) is 58.4 cm³/mol. The van der Waals surface area contributed by atoms with Crippen LogP contribution in [0.25, 0.3) is 0 Å². The van der Waals surface area contributed by atoms with E-state index in [0.29, 0.717) is 6.61 Å². The SMILES string of the molecule is COC1(c2ccc(Br)cc2)COC(=O)C1. The molecule has 1 aliphatic rings. The molecule has 0 bridgehead atoms. The standard InChI is InChI=1S/C11H11BrO3/c1-14-11(6-10(13)15-7-11)8-2-4-9(12)5-3-8/h2-5H,6-7H2,1H3. The first-order chi connectivity index (χ1) is 7.16. The highest BCUT2D eigenvalue weighted by molar-refractivity contribution is 9.10. The van der Waals surface area contributed by atoms with Crippen molar-refractivity contribution < 1.29 is 14.3 Å². The van der Waals surface area contributed by atoms with Gasteiger partial charge < -0.3 is 9.47 Å². The Balaban J connectivity index is 2.34. The van der Waals surface area contributed by atoms with Gasteiger partial charge >= 0.3 is 5.97 Å². The van der Waals surface area contributed by atoms with Crippen molar-refractivity contribution in [1.29, 1.82) is 0 Å². The van der Waals surface area contributed by atoms with Crippen LogP contribution in [0.15, 0.2) is 28.7 Å². The molecule has 0 saturated carbocycles. The molecule has 1 fully saturated rings. The fraction of sp³-hybridized carbons (Fsp3) is 0.364. The van der Waals surface area contributed by atoms with Gasteiger partial charge in [0.1, 0.15) is 12.2 Å². The monoisotopic (exact) mass is 270 g/mol. The van der Waals surface area contributed by atoms with E-state index in [0.717, 1.165) is 10.0 Å². The average Bonchev–Trinajstić information content (AvgIpc) is 2.62. The summed E-state index contributed by atoms with van der Waals surface area (Å²) in [6.45, 7) is 0.296. The minimum absolute atomic E-state index is 0.209. The van der Waals surface area contributed by atoms with Crippen LogP contribution in [0, 0.1) is 0 Å². The summed E-state index contributed by atoms with van der Waals surface area (Å²) in [6.07, 6.45) is 0.283. The van der Waals surface area contributed by atoms with Crippen molar-refractivity contribution in [2.45, 2.75) is 12.0 Å². The Morgan fingerprint density at radius 2 is 2.07 bits per heavy atom. The summed E-state index contributed by atoms with van der Waals surface area (Å²) in [7, 11) is 1.60. The van der Waals surface area contributed by atoms with E-state index in [1.165, 1.54) is 0 Å². The summed E-state index contributed by atoms with van der Waals surface area (Å²) >= 11 is 3.37. The molecule has 0 aromatic heterocycles. The van der Waals surface area contributed by atoms with Gasteiger partial charge in [0.05, 0.1) is 6.42 Å².